The Hall–Kier alpha value is -1.02. The van der Waals surface area contributed by atoms with Gasteiger partial charge in [0.2, 0.25) is 0 Å². The summed E-state index contributed by atoms with van der Waals surface area (Å²) in [6.45, 7) is 12.0. The van der Waals surface area contributed by atoms with Gasteiger partial charge in [0.25, 0.3) is 0 Å². The van der Waals surface area contributed by atoms with Crippen LogP contribution in [0.25, 0.3) is 0 Å². The highest BCUT2D eigenvalue weighted by molar-refractivity contribution is 5.58. The van der Waals surface area contributed by atoms with Crippen molar-refractivity contribution < 1.29 is 4.74 Å². The van der Waals surface area contributed by atoms with E-state index in [4.69, 9.17) is 4.74 Å². The Kier molecular flexibility index (Phi) is 4.74. The van der Waals surface area contributed by atoms with Crippen molar-refractivity contribution in [3.05, 3.63) is 29.3 Å². The predicted octanol–water partition coefficient (Wildman–Crippen LogP) is 4.56. The monoisotopic (exact) mass is 275 g/mol. The molecule has 0 bridgehead atoms. The first kappa shape index (κ1) is 15.4. The zero-order valence-corrected chi connectivity index (χ0v) is 13.6. The van der Waals surface area contributed by atoms with E-state index in [0.717, 1.165) is 25.9 Å². The van der Waals surface area contributed by atoms with Crippen molar-refractivity contribution in [2.75, 3.05) is 11.9 Å². The summed E-state index contributed by atoms with van der Waals surface area (Å²) in [7, 11) is 0. The molecule has 2 rings (SSSR count). The number of hydrogen-bond acceptors (Lipinski definition) is 2. The first-order valence-electron chi connectivity index (χ1n) is 8.03. The van der Waals surface area contributed by atoms with Crippen LogP contribution in [0.3, 0.4) is 0 Å². The number of anilines is 1. The van der Waals surface area contributed by atoms with E-state index in [1.807, 2.05) is 0 Å². The molecule has 2 nitrogen and oxygen atoms in total. The Balaban J connectivity index is 2.15. The fourth-order valence-corrected chi connectivity index (χ4v) is 3.38. The van der Waals surface area contributed by atoms with Gasteiger partial charge >= 0.3 is 0 Å². The number of ether oxygens (including phenoxy) is 1. The number of rotatable bonds is 6. The maximum atomic E-state index is 5.90. The van der Waals surface area contributed by atoms with Crippen molar-refractivity contribution in [1.29, 1.82) is 0 Å². The van der Waals surface area contributed by atoms with Crippen LogP contribution in [0.1, 0.15) is 51.7 Å². The van der Waals surface area contributed by atoms with Gasteiger partial charge in [0.05, 0.1) is 6.10 Å². The molecular weight excluding hydrogens is 246 g/mol. The van der Waals surface area contributed by atoms with Crippen LogP contribution in [-0.2, 0) is 11.2 Å². The van der Waals surface area contributed by atoms with Gasteiger partial charge in [-0.05, 0) is 44.2 Å². The smallest absolute Gasteiger partial charge is 0.0667 e. The van der Waals surface area contributed by atoms with Crippen LogP contribution in [0.4, 0.5) is 5.69 Å². The number of benzene rings is 1. The number of nitrogens with one attached hydrogen (secondary N) is 1. The molecule has 0 amide bonds. The van der Waals surface area contributed by atoms with Crippen LogP contribution in [0.2, 0.25) is 0 Å². The lowest BCUT2D eigenvalue weighted by Crippen LogP contribution is -2.59. The summed E-state index contributed by atoms with van der Waals surface area (Å²) < 4.78 is 5.90. The van der Waals surface area contributed by atoms with E-state index in [9.17, 15) is 0 Å². The molecule has 2 heteroatoms. The van der Waals surface area contributed by atoms with Crippen molar-refractivity contribution >= 4 is 5.69 Å². The van der Waals surface area contributed by atoms with Crippen molar-refractivity contribution in [1.82, 2.24) is 0 Å². The summed E-state index contributed by atoms with van der Waals surface area (Å²) in [5.74, 6) is 0. The van der Waals surface area contributed by atoms with Gasteiger partial charge in [-0.15, -0.1) is 0 Å². The fourth-order valence-electron chi connectivity index (χ4n) is 3.38. The maximum absolute atomic E-state index is 5.90. The first-order valence-corrected chi connectivity index (χ1v) is 8.03. The van der Waals surface area contributed by atoms with Gasteiger partial charge in [-0.25, -0.2) is 0 Å². The Bertz CT molecular complexity index is 457. The summed E-state index contributed by atoms with van der Waals surface area (Å²) in [5.41, 5.74) is 4.36. The molecule has 1 saturated carbocycles. The molecule has 0 spiro atoms. The number of hydrogen-bond donors (Lipinski definition) is 1. The number of aryl methyl sites for hydroxylation is 2. The fraction of sp³-hybridized carbons (Fsp3) is 0.667. The third kappa shape index (κ3) is 2.58. The molecule has 1 N–H and O–H groups in total. The molecule has 1 fully saturated rings. The van der Waals surface area contributed by atoms with E-state index < -0.39 is 0 Å². The molecule has 0 aromatic heterocycles. The highest BCUT2D eigenvalue weighted by Gasteiger charge is 2.51. The Morgan fingerprint density at radius 3 is 2.65 bits per heavy atom. The van der Waals surface area contributed by atoms with Crippen molar-refractivity contribution in [2.45, 2.75) is 66.0 Å². The van der Waals surface area contributed by atoms with E-state index in [1.54, 1.807) is 0 Å². The Morgan fingerprint density at radius 2 is 2.05 bits per heavy atom. The second kappa shape index (κ2) is 6.17. The van der Waals surface area contributed by atoms with Crippen molar-refractivity contribution in [2.24, 2.45) is 5.41 Å². The molecule has 0 heterocycles. The molecule has 1 aromatic carbocycles. The lowest BCUT2D eigenvalue weighted by Gasteiger charge is -2.54. The molecule has 3 atom stereocenters. The highest BCUT2D eigenvalue weighted by atomic mass is 16.5. The van der Waals surface area contributed by atoms with E-state index in [0.29, 0.717) is 12.1 Å². The topological polar surface area (TPSA) is 21.3 Å². The van der Waals surface area contributed by atoms with Crippen LogP contribution < -0.4 is 5.32 Å². The average molecular weight is 275 g/mol. The minimum absolute atomic E-state index is 0.253. The molecule has 1 aliphatic rings. The minimum atomic E-state index is 0.253. The number of para-hydroxylation sites is 1. The SMILES string of the molecule is CCOC1CC(Nc2c(C)cccc2CC)C1(C)CC. The van der Waals surface area contributed by atoms with Crippen LogP contribution in [0.5, 0.6) is 0 Å². The third-order valence-corrected chi connectivity index (χ3v) is 5.17. The van der Waals surface area contributed by atoms with Gasteiger partial charge in [0.15, 0.2) is 0 Å². The van der Waals surface area contributed by atoms with E-state index in [2.05, 4.69) is 58.1 Å². The molecule has 0 radical (unpaired) electrons. The third-order valence-electron chi connectivity index (χ3n) is 5.17. The van der Waals surface area contributed by atoms with Crippen LogP contribution in [-0.4, -0.2) is 18.8 Å². The van der Waals surface area contributed by atoms with E-state index >= 15 is 0 Å². The van der Waals surface area contributed by atoms with Crippen LogP contribution in [0.15, 0.2) is 18.2 Å². The van der Waals surface area contributed by atoms with Gasteiger partial charge in [-0.2, -0.15) is 0 Å². The molecule has 1 aliphatic carbocycles. The Labute approximate surface area is 123 Å². The summed E-state index contributed by atoms with van der Waals surface area (Å²) in [6.07, 6.45) is 3.76. The molecule has 3 unspecified atom stereocenters. The molecule has 1 aromatic rings. The average Bonchev–Trinajstić information content (AvgIpc) is 2.46. The summed E-state index contributed by atoms with van der Waals surface area (Å²) in [4.78, 5) is 0. The Morgan fingerprint density at radius 1 is 1.30 bits per heavy atom. The van der Waals surface area contributed by atoms with Gasteiger partial charge < -0.3 is 10.1 Å². The van der Waals surface area contributed by atoms with Gasteiger partial charge in [-0.3, -0.25) is 0 Å². The lowest BCUT2D eigenvalue weighted by atomic mass is 9.61. The van der Waals surface area contributed by atoms with Gasteiger partial charge in [0, 0.05) is 23.8 Å². The second-order valence-corrected chi connectivity index (χ2v) is 6.20. The van der Waals surface area contributed by atoms with Crippen LogP contribution >= 0.6 is 0 Å². The maximum Gasteiger partial charge on any atom is 0.0667 e. The summed E-state index contributed by atoms with van der Waals surface area (Å²) >= 11 is 0. The molecule has 112 valence electrons. The first-order chi connectivity index (χ1) is 9.56. The largest absolute Gasteiger partial charge is 0.381 e. The molecule has 0 aliphatic heterocycles. The minimum Gasteiger partial charge on any atom is -0.381 e. The summed E-state index contributed by atoms with van der Waals surface area (Å²) in [6, 6.07) is 7.11. The lowest BCUT2D eigenvalue weighted by molar-refractivity contribution is -0.109. The van der Waals surface area contributed by atoms with Gasteiger partial charge in [-0.1, -0.05) is 39.0 Å². The van der Waals surface area contributed by atoms with Crippen molar-refractivity contribution in [3.8, 4) is 0 Å². The molecular formula is C18H29NO. The van der Waals surface area contributed by atoms with Crippen molar-refractivity contribution in [3.63, 3.8) is 0 Å². The van der Waals surface area contributed by atoms with E-state index in [-0.39, 0.29) is 5.41 Å². The standard InChI is InChI=1S/C18H29NO/c1-6-14-11-9-10-13(4)17(14)19-15-12-16(20-8-3)18(15,5)7-2/h9-11,15-16,19H,6-8,12H2,1-5H3. The van der Waals surface area contributed by atoms with E-state index in [1.165, 1.54) is 16.8 Å². The van der Waals surface area contributed by atoms with Gasteiger partial charge in [0.1, 0.15) is 0 Å². The second-order valence-electron chi connectivity index (χ2n) is 6.20. The predicted molar refractivity (Wildman–Crippen MR) is 86.4 cm³/mol. The molecule has 0 saturated heterocycles. The normalized spacial score (nSPS) is 29.1. The summed E-state index contributed by atoms with van der Waals surface area (Å²) in [5, 5.41) is 3.82. The zero-order valence-electron chi connectivity index (χ0n) is 13.6. The molecule has 20 heavy (non-hydrogen) atoms. The zero-order chi connectivity index (χ0) is 14.8. The van der Waals surface area contributed by atoms with Crippen LogP contribution in [0, 0.1) is 12.3 Å². The highest BCUT2D eigenvalue weighted by Crippen LogP contribution is 2.47. The quantitative estimate of drug-likeness (QED) is 0.821.